The zero-order chi connectivity index (χ0) is 13.5. The fraction of sp³-hybridized carbons (Fsp3) is 0.857. The zero-order valence-electron chi connectivity index (χ0n) is 11.6. The van der Waals surface area contributed by atoms with Crippen molar-refractivity contribution in [2.45, 2.75) is 46.1 Å². The molecule has 0 bridgehead atoms. The molecule has 0 saturated heterocycles. The fourth-order valence-electron chi connectivity index (χ4n) is 2.68. The van der Waals surface area contributed by atoms with E-state index in [9.17, 15) is 9.59 Å². The number of esters is 1. The highest BCUT2D eigenvalue weighted by molar-refractivity contribution is 6.20. The Morgan fingerprint density at radius 1 is 1.33 bits per heavy atom. The fourth-order valence-corrected chi connectivity index (χ4v) is 2.68. The molecule has 0 aromatic rings. The van der Waals surface area contributed by atoms with E-state index in [1.54, 1.807) is 0 Å². The zero-order valence-corrected chi connectivity index (χ0v) is 11.6. The molecule has 0 unspecified atom stereocenters. The highest BCUT2D eigenvalue weighted by Gasteiger charge is 2.31. The second kappa shape index (κ2) is 7.52. The van der Waals surface area contributed by atoms with Crippen LogP contribution in [0, 0.1) is 17.8 Å². The second-order valence-electron chi connectivity index (χ2n) is 5.52. The van der Waals surface area contributed by atoms with Gasteiger partial charge in [0.05, 0.1) is 12.7 Å². The van der Waals surface area contributed by atoms with Gasteiger partial charge in [0.2, 0.25) is 6.29 Å². The first-order valence-electron chi connectivity index (χ1n) is 6.78. The molecule has 18 heavy (non-hydrogen) atoms. The van der Waals surface area contributed by atoms with E-state index in [1.807, 2.05) is 0 Å². The van der Waals surface area contributed by atoms with Gasteiger partial charge in [-0.2, -0.15) is 0 Å². The Kier molecular flexibility index (Phi) is 6.33. The smallest absolute Gasteiger partial charge is 0.371 e. The SMILES string of the molecule is CC(C)[C@H]1CC[C@H](C)C[C@@H]1OCCOC(=O)C=O. The van der Waals surface area contributed by atoms with Crippen LogP contribution in [0.5, 0.6) is 0 Å². The van der Waals surface area contributed by atoms with Gasteiger partial charge >= 0.3 is 5.97 Å². The number of carbonyl (C=O) groups excluding carboxylic acids is 2. The predicted molar refractivity (Wildman–Crippen MR) is 68.1 cm³/mol. The summed E-state index contributed by atoms with van der Waals surface area (Å²) in [6, 6.07) is 0. The molecule has 1 aliphatic carbocycles. The molecule has 0 aliphatic heterocycles. The summed E-state index contributed by atoms with van der Waals surface area (Å²) in [6.07, 6.45) is 3.98. The highest BCUT2D eigenvalue weighted by atomic mass is 16.6. The Morgan fingerprint density at radius 3 is 2.67 bits per heavy atom. The van der Waals surface area contributed by atoms with Crippen LogP contribution in [-0.4, -0.2) is 31.6 Å². The lowest BCUT2D eigenvalue weighted by Crippen LogP contribution is -2.35. The molecule has 0 aromatic carbocycles. The van der Waals surface area contributed by atoms with Gasteiger partial charge in [-0.05, 0) is 30.6 Å². The molecular formula is C14H24O4. The Hall–Kier alpha value is -0.900. The molecule has 4 nitrogen and oxygen atoms in total. The van der Waals surface area contributed by atoms with Crippen LogP contribution in [0.15, 0.2) is 0 Å². The molecule has 4 heteroatoms. The molecule has 0 amide bonds. The molecular weight excluding hydrogens is 232 g/mol. The summed E-state index contributed by atoms with van der Waals surface area (Å²) in [4.78, 5) is 20.7. The molecule has 0 N–H and O–H groups in total. The van der Waals surface area contributed by atoms with Gasteiger partial charge in [-0.25, -0.2) is 4.79 Å². The number of carbonyl (C=O) groups is 2. The minimum atomic E-state index is -0.823. The monoisotopic (exact) mass is 256 g/mol. The van der Waals surface area contributed by atoms with Crippen molar-refractivity contribution in [3.63, 3.8) is 0 Å². The Morgan fingerprint density at radius 2 is 2.06 bits per heavy atom. The molecule has 104 valence electrons. The lowest BCUT2D eigenvalue weighted by molar-refractivity contribution is -0.151. The average molecular weight is 256 g/mol. The van der Waals surface area contributed by atoms with Crippen molar-refractivity contribution in [3.05, 3.63) is 0 Å². The van der Waals surface area contributed by atoms with Crippen molar-refractivity contribution >= 4 is 12.3 Å². The molecule has 0 radical (unpaired) electrons. The van der Waals surface area contributed by atoms with E-state index in [0.717, 1.165) is 6.42 Å². The normalized spacial score (nSPS) is 28.1. The van der Waals surface area contributed by atoms with Crippen LogP contribution in [-0.2, 0) is 19.1 Å². The molecule has 1 saturated carbocycles. The second-order valence-corrected chi connectivity index (χ2v) is 5.52. The lowest BCUT2D eigenvalue weighted by Gasteiger charge is -2.37. The summed E-state index contributed by atoms with van der Waals surface area (Å²) in [5.41, 5.74) is 0. The van der Waals surface area contributed by atoms with Gasteiger partial charge < -0.3 is 9.47 Å². The minimum Gasteiger partial charge on any atom is -0.458 e. The molecule has 0 aromatic heterocycles. The summed E-state index contributed by atoms with van der Waals surface area (Å²) < 4.78 is 10.5. The van der Waals surface area contributed by atoms with Crippen LogP contribution >= 0.6 is 0 Å². The van der Waals surface area contributed by atoms with Crippen molar-refractivity contribution in [2.75, 3.05) is 13.2 Å². The van der Waals surface area contributed by atoms with E-state index < -0.39 is 5.97 Å². The largest absolute Gasteiger partial charge is 0.458 e. The van der Waals surface area contributed by atoms with Gasteiger partial charge in [-0.15, -0.1) is 0 Å². The van der Waals surface area contributed by atoms with Crippen LogP contribution in [0.1, 0.15) is 40.0 Å². The number of ether oxygens (including phenoxy) is 2. The van der Waals surface area contributed by atoms with Gasteiger partial charge in [-0.1, -0.05) is 27.2 Å². The topological polar surface area (TPSA) is 52.6 Å². The maximum absolute atomic E-state index is 10.6. The van der Waals surface area contributed by atoms with Gasteiger partial charge in [0.25, 0.3) is 0 Å². The quantitative estimate of drug-likeness (QED) is 0.316. The van der Waals surface area contributed by atoms with Crippen molar-refractivity contribution in [3.8, 4) is 0 Å². The lowest BCUT2D eigenvalue weighted by atomic mass is 9.75. The van der Waals surface area contributed by atoms with Crippen molar-refractivity contribution in [1.82, 2.24) is 0 Å². The highest BCUT2D eigenvalue weighted by Crippen LogP contribution is 2.35. The predicted octanol–water partition coefficient (Wildman–Crippen LogP) is 2.21. The van der Waals surface area contributed by atoms with Crippen molar-refractivity contribution in [2.24, 2.45) is 17.8 Å². The van der Waals surface area contributed by atoms with E-state index in [-0.39, 0.29) is 19.0 Å². The molecule has 1 rings (SSSR count). The number of hydrogen-bond acceptors (Lipinski definition) is 4. The summed E-state index contributed by atoms with van der Waals surface area (Å²) in [7, 11) is 0. The molecule has 0 heterocycles. The van der Waals surface area contributed by atoms with Crippen LogP contribution < -0.4 is 0 Å². The van der Waals surface area contributed by atoms with E-state index in [2.05, 4.69) is 25.5 Å². The first kappa shape index (κ1) is 15.2. The molecule has 1 fully saturated rings. The third-order valence-corrected chi connectivity index (χ3v) is 3.72. The van der Waals surface area contributed by atoms with Gasteiger partial charge in [0.1, 0.15) is 6.61 Å². The maximum Gasteiger partial charge on any atom is 0.371 e. The maximum atomic E-state index is 10.6. The van der Waals surface area contributed by atoms with E-state index >= 15 is 0 Å². The van der Waals surface area contributed by atoms with Gasteiger partial charge in [0, 0.05) is 0 Å². The third-order valence-electron chi connectivity index (χ3n) is 3.72. The average Bonchev–Trinajstić information content (AvgIpc) is 2.34. The first-order chi connectivity index (χ1) is 8.54. The number of aldehydes is 1. The van der Waals surface area contributed by atoms with Crippen molar-refractivity contribution in [1.29, 1.82) is 0 Å². The third kappa shape index (κ3) is 4.77. The Balaban J connectivity index is 2.32. The summed E-state index contributed by atoms with van der Waals surface area (Å²) >= 11 is 0. The van der Waals surface area contributed by atoms with Crippen LogP contribution in [0.25, 0.3) is 0 Å². The van der Waals surface area contributed by atoms with Gasteiger partial charge in [0.15, 0.2) is 0 Å². The first-order valence-corrected chi connectivity index (χ1v) is 6.78. The van der Waals surface area contributed by atoms with Gasteiger partial charge in [-0.3, -0.25) is 4.79 Å². The number of hydrogen-bond donors (Lipinski definition) is 0. The molecule has 3 atom stereocenters. The van der Waals surface area contributed by atoms with Crippen LogP contribution in [0.4, 0.5) is 0 Å². The summed E-state index contributed by atoms with van der Waals surface area (Å²) in [5.74, 6) is 1.07. The van der Waals surface area contributed by atoms with Crippen LogP contribution in [0.2, 0.25) is 0 Å². The Bertz CT molecular complexity index is 275. The summed E-state index contributed by atoms with van der Waals surface area (Å²) in [5, 5.41) is 0. The minimum absolute atomic E-state index is 0.160. The van der Waals surface area contributed by atoms with E-state index in [1.165, 1.54) is 12.8 Å². The standard InChI is InChI=1S/C14H24O4/c1-10(2)12-5-4-11(3)8-13(12)17-6-7-18-14(16)9-15/h9-13H,4-8H2,1-3H3/t11-,12+,13-/m0/s1. The number of rotatable bonds is 6. The van der Waals surface area contributed by atoms with Crippen LogP contribution in [0.3, 0.4) is 0 Å². The van der Waals surface area contributed by atoms with E-state index in [4.69, 9.17) is 4.74 Å². The Labute approximate surface area is 109 Å². The summed E-state index contributed by atoms with van der Waals surface area (Å²) in [6.45, 7) is 7.24. The molecule has 0 spiro atoms. The molecule has 1 aliphatic rings. The van der Waals surface area contributed by atoms with E-state index in [0.29, 0.717) is 24.4 Å². The van der Waals surface area contributed by atoms with Crippen molar-refractivity contribution < 1.29 is 19.1 Å².